The molecule has 172 valence electrons. The predicted octanol–water partition coefficient (Wildman–Crippen LogP) is 5.68. The summed E-state index contributed by atoms with van der Waals surface area (Å²) in [5.74, 6) is 1.45. The van der Waals surface area contributed by atoms with Gasteiger partial charge in [-0.15, -0.1) is 0 Å². The van der Waals surface area contributed by atoms with Crippen molar-refractivity contribution in [1.82, 2.24) is 15.3 Å². The Labute approximate surface area is 202 Å². The van der Waals surface area contributed by atoms with Crippen molar-refractivity contribution < 1.29 is 14.3 Å². The maximum absolute atomic E-state index is 12.6. The van der Waals surface area contributed by atoms with Crippen LogP contribution in [0.1, 0.15) is 44.6 Å². The van der Waals surface area contributed by atoms with Crippen LogP contribution < -0.4 is 14.8 Å². The molecule has 3 heterocycles. The molecule has 2 aromatic carbocycles. The highest BCUT2D eigenvalue weighted by Gasteiger charge is 2.22. The molecule has 1 N–H and O–H groups in total. The van der Waals surface area contributed by atoms with E-state index < -0.39 is 0 Å². The summed E-state index contributed by atoms with van der Waals surface area (Å²) >= 11 is 1.26. The van der Waals surface area contributed by atoms with Crippen molar-refractivity contribution >= 4 is 17.2 Å². The van der Waals surface area contributed by atoms with E-state index in [0.29, 0.717) is 28.1 Å². The molecule has 0 saturated heterocycles. The normalized spacial score (nSPS) is 14.7. The minimum atomic E-state index is -0.135. The van der Waals surface area contributed by atoms with Crippen LogP contribution in [0.5, 0.6) is 16.7 Å². The van der Waals surface area contributed by atoms with Gasteiger partial charge in [0.1, 0.15) is 22.5 Å². The standard InChI is InChI=1S/C27H25N3O3S/c1-18-25(26(31)29-16-13-19-11-14-28-15-12-19)34-27(30-18)32-22-8-10-24-21(17-22)7-9-23(33-24)20-5-3-2-4-6-20/h2-6,8,10-12,14-15,17,23H,7,9,13,16H2,1H3,(H,29,31)/t23-/m0/s1. The van der Waals surface area contributed by atoms with Gasteiger partial charge >= 0.3 is 0 Å². The summed E-state index contributed by atoms with van der Waals surface area (Å²) in [6, 6.07) is 20.0. The number of nitrogens with zero attached hydrogens (tertiary/aromatic N) is 2. The number of carbonyl (C=O) groups excluding carboxylic acids is 1. The molecule has 0 unspecified atom stereocenters. The van der Waals surface area contributed by atoms with Crippen molar-refractivity contribution in [3.63, 3.8) is 0 Å². The van der Waals surface area contributed by atoms with E-state index in [9.17, 15) is 4.79 Å². The van der Waals surface area contributed by atoms with Crippen molar-refractivity contribution in [2.75, 3.05) is 6.54 Å². The Kier molecular flexibility index (Phi) is 6.53. The number of carbonyl (C=O) groups is 1. The van der Waals surface area contributed by atoms with Gasteiger partial charge in [0.15, 0.2) is 0 Å². The Hall–Kier alpha value is -3.71. The number of aryl methyl sites for hydroxylation is 2. The summed E-state index contributed by atoms with van der Waals surface area (Å²) in [7, 11) is 0. The fourth-order valence-corrected chi connectivity index (χ4v) is 4.86. The number of thiazole rings is 1. The summed E-state index contributed by atoms with van der Waals surface area (Å²) in [6.07, 6.45) is 6.15. The quantitative estimate of drug-likeness (QED) is 0.376. The van der Waals surface area contributed by atoms with Crippen molar-refractivity contribution in [3.05, 3.63) is 100 Å². The van der Waals surface area contributed by atoms with Crippen LogP contribution in [-0.2, 0) is 12.8 Å². The van der Waals surface area contributed by atoms with Gasteiger partial charge < -0.3 is 14.8 Å². The van der Waals surface area contributed by atoms with Gasteiger partial charge in [0, 0.05) is 18.9 Å². The summed E-state index contributed by atoms with van der Waals surface area (Å²) in [4.78, 5) is 21.7. The number of ether oxygens (including phenoxy) is 2. The third kappa shape index (κ3) is 5.10. The summed E-state index contributed by atoms with van der Waals surface area (Å²) in [5.41, 5.74) is 4.10. The second-order valence-electron chi connectivity index (χ2n) is 8.18. The van der Waals surface area contributed by atoms with Crippen molar-refractivity contribution in [2.24, 2.45) is 0 Å². The number of fused-ring (bicyclic) bond motifs is 1. The lowest BCUT2D eigenvalue weighted by Crippen LogP contribution is -2.25. The Morgan fingerprint density at radius 3 is 2.79 bits per heavy atom. The van der Waals surface area contributed by atoms with Crippen LogP contribution in [0.4, 0.5) is 0 Å². The Morgan fingerprint density at radius 1 is 1.15 bits per heavy atom. The fraction of sp³-hybridized carbons (Fsp3) is 0.222. The molecule has 0 fully saturated rings. The van der Waals surface area contributed by atoms with Crippen LogP contribution in [0.3, 0.4) is 0 Å². The van der Waals surface area contributed by atoms with Gasteiger partial charge in [-0.3, -0.25) is 9.78 Å². The van der Waals surface area contributed by atoms with Gasteiger partial charge in [0.25, 0.3) is 11.1 Å². The van der Waals surface area contributed by atoms with E-state index in [0.717, 1.165) is 36.1 Å². The van der Waals surface area contributed by atoms with Crippen molar-refractivity contribution in [2.45, 2.75) is 32.3 Å². The molecule has 0 saturated carbocycles. The summed E-state index contributed by atoms with van der Waals surface area (Å²) in [5, 5.41) is 3.42. The number of nitrogens with one attached hydrogen (secondary N) is 1. The van der Waals surface area contributed by atoms with E-state index in [1.54, 1.807) is 12.4 Å². The Morgan fingerprint density at radius 2 is 1.97 bits per heavy atom. The number of hydrogen-bond acceptors (Lipinski definition) is 6. The zero-order chi connectivity index (χ0) is 23.3. The Balaban J connectivity index is 1.21. The first-order valence-electron chi connectivity index (χ1n) is 11.3. The fourth-order valence-electron chi connectivity index (χ4n) is 4.01. The number of rotatable bonds is 7. The monoisotopic (exact) mass is 471 g/mol. The number of benzene rings is 2. The highest BCUT2D eigenvalue weighted by molar-refractivity contribution is 7.15. The van der Waals surface area contributed by atoms with E-state index in [1.165, 1.54) is 16.9 Å². The number of aromatic nitrogens is 2. The molecule has 7 heteroatoms. The zero-order valence-electron chi connectivity index (χ0n) is 18.9. The molecule has 0 spiro atoms. The van der Waals surface area contributed by atoms with E-state index in [1.807, 2.05) is 55.5 Å². The minimum Gasteiger partial charge on any atom is -0.485 e. The molecular weight excluding hydrogens is 446 g/mol. The van der Waals surface area contributed by atoms with Crippen molar-refractivity contribution in [3.8, 4) is 16.7 Å². The van der Waals surface area contributed by atoms with Crippen molar-refractivity contribution in [1.29, 1.82) is 0 Å². The Bertz CT molecular complexity index is 1280. The maximum atomic E-state index is 12.6. The molecule has 0 radical (unpaired) electrons. The molecule has 0 bridgehead atoms. The van der Waals surface area contributed by atoms with E-state index in [4.69, 9.17) is 9.47 Å². The van der Waals surface area contributed by atoms with Gasteiger partial charge in [0.05, 0.1) is 5.69 Å². The average molecular weight is 472 g/mol. The maximum Gasteiger partial charge on any atom is 0.279 e. The molecule has 1 amide bonds. The average Bonchev–Trinajstić information content (AvgIpc) is 3.24. The van der Waals surface area contributed by atoms with Crippen LogP contribution in [0.25, 0.3) is 0 Å². The first kappa shape index (κ1) is 22.1. The first-order valence-corrected chi connectivity index (χ1v) is 12.1. The summed E-state index contributed by atoms with van der Waals surface area (Å²) < 4.78 is 12.2. The van der Waals surface area contributed by atoms with Crippen LogP contribution in [-0.4, -0.2) is 22.4 Å². The molecule has 5 rings (SSSR count). The van der Waals surface area contributed by atoms with Gasteiger partial charge in [0.2, 0.25) is 0 Å². The number of hydrogen-bond donors (Lipinski definition) is 1. The molecule has 4 aromatic rings. The van der Waals surface area contributed by atoms with Crippen LogP contribution in [0, 0.1) is 6.92 Å². The molecular formula is C27H25N3O3S. The highest BCUT2D eigenvalue weighted by atomic mass is 32.1. The highest BCUT2D eigenvalue weighted by Crippen LogP contribution is 2.38. The van der Waals surface area contributed by atoms with Gasteiger partial charge in [-0.1, -0.05) is 41.7 Å². The number of pyridine rings is 1. The molecule has 6 nitrogen and oxygen atoms in total. The zero-order valence-corrected chi connectivity index (χ0v) is 19.7. The van der Waals surface area contributed by atoms with Gasteiger partial charge in [-0.25, -0.2) is 4.98 Å². The SMILES string of the molecule is Cc1nc(Oc2ccc3c(c2)CC[C@@H](c2ccccc2)O3)sc1C(=O)NCCc1ccncc1. The third-order valence-electron chi connectivity index (χ3n) is 5.79. The number of amides is 1. The lowest BCUT2D eigenvalue weighted by Gasteiger charge is -2.26. The van der Waals surface area contributed by atoms with Crippen LogP contribution >= 0.6 is 11.3 Å². The van der Waals surface area contributed by atoms with E-state index >= 15 is 0 Å². The smallest absolute Gasteiger partial charge is 0.279 e. The van der Waals surface area contributed by atoms with Crippen LogP contribution in [0.15, 0.2) is 73.1 Å². The lowest BCUT2D eigenvalue weighted by molar-refractivity contribution is 0.0957. The molecule has 1 aliphatic heterocycles. The largest absolute Gasteiger partial charge is 0.485 e. The third-order valence-corrected chi connectivity index (χ3v) is 6.82. The molecule has 0 aliphatic carbocycles. The molecule has 2 aromatic heterocycles. The topological polar surface area (TPSA) is 73.3 Å². The first-order chi connectivity index (χ1) is 16.7. The second-order valence-corrected chi connectivity index (χ2v) is 9.14. The lowest BCUT2D eigenvalue weighted by atomic mass is 9.97. The molecule has 34 heavy (non-hydrogen) atoms. The minimum absolute atomic E-state index is 0.0710. The van der Waals surface area contributed by atoms with Crippen LogP contribution in [0.2, 0.25) is 0 Å². The predicted molar refractivity (Wildman–Crippen MR) is 132 cm³/mol. The van der Waals surface area contributed by atoms with Gasteiger partial charge in [-0.2, -0.15) is 0 Å². The summed E-state index contributed by atoms with van der Waals surface area (Å²) in [6.45, 7) is 2.37. The van der Waals surface area contributed by atoms with E-state index in [-0.39, 0.29) is 12.0 Å². The van der Waals surface area contributed by atoms with Gasteiger partial charge in [-0.05, 0) is 73.2 Å². The second kappa shape index (κ2) is 10.1. The van der Waals surface area contributed by atoms with E-state index in [2.05, 4.69) is 27.4 Å². The molecule has 1 atom stereocenters. The molecule has 1 aliphatic rings.